The van der Waals surface area contributed by atoms with E-state index in [-0.39, 0.29) is 6.61 Å². The van der Waals surface area contributed by atoms with Gasteiger partial charge in [0.2, 0.25) is 0 Å². The van der Waals surface area contributed by atoms with Crippen LogP contribution in [0.25, 0.3) is 27.4 Å². The Labute approximate surface area is 150 Å². The van der Waals surface area contributed by atoms with E-state index >= 15 is 0 Å². The first-order valence-corrected chi connectivity index (χ1v) is 8.44. The quantitative estimate of drug-likeness (QED) is 0.503. The standard InChI is InChI=1S/C22H16N2O2/c1-2-26-22(25)21-19(16-9-4-3-5-10-16)18(14-23)20-17-11-7-6-8-15(17)12-13-24(20)21/h3-13H,2H2,1H3. The van der Waals surface area contributed by atoms with E-state index in [1.165, 1.54) is 0 Å². The SMILES string of the molecule is CCOC(=O)c1c(-c2ccccc2)c(C#N)c2c3ccccc3ccn12. The molecule has 4 rings (SSSR count). The largest absolute Gasteiger partial charge is 0.461 e. The summed E-state index contributed by atoms with van der Waals surface area (Å²) in [6.07, 6.45) is 1.83. The first kappa shape index (κ1) is 15.9. The fraction of sp³-hybridized carbons (Fsp3) is 0.0909. The minimum absolute atomic E-state index is 0.274. The van der Waals surface area contributed by atoms with Crippen molar-refractivity contribution < 1.29 is 9.53 Å². The van der Waals surface area contributed by atoms with Crippen molar-refractivity contribution >= 4 is 22.3 Å². The van der Waals surface area contributed by atoms with Gasteiger partial charge in [0.1, 0.15) is 11.8 Å². The van der Waals surface area contributed by atoms with Crippen molar-refractivity contribution in [1.82, 2.24) is 4.40 Å². The number of nitriles is 1. The van der Waals surface area contributed by atoms with Crippen LogP contribution in [0.4, 0.5) is 0 Å². The summed E-state index contributed by atoms with van der Waals surface area (Å²) in [5.74, 6) is -0.432. The van der Waals surface area contributed by atoms with E-state index in [9.17, 15) is 10.1 Å². The molecule has 0 amide bonds. The van der Waals surface area contributed by atoms with Gasteiger partial charge in [-0.15, -0.1) is 0 Å². The summed E-state index contributed by atoms with van der Waals surface area (Å²) in [6, 6.07) is 21.6. The lowest BCUT2D eigenvalue weighted by atomic mass is 10.00. The Bertz CT molecular complexity index is 1170. The number of carbonyl (C=O) groups is 1. The fourth-order valence-corrected chi connectivity index (χ4v) is 3.41. The minimum Gasteiger partial charge on any atom is -0.461 e. The van der Waals surface area contributed by atoms with E-state index in [1.807, 2.05) is 66.9 Å². The molecule has 0 radical (unpaired) electrons. The molecule has 0 saturated heterocycles. The number of hydrogen-bond acceptors (Lipinski definition) is 3. The number of aromatic nitrogens is 1. The number of pyridine rings is 1. The predicted octanol–water partition coefficient (Wildman–Crippen LogP) is 4.81. The molecule has 0 bridgehead atoms. The zero-order valence-corrected chi connectivity index (χ0v) is 14.3. The van der Waals surface area contributed by atoms with Gasteiger partial charge in [-0.1, -0.05) is 54.6 Å². The summed E-state index contributed by atoms with van der Waals surface area (Å²) >= 11 is 0. The number of esters is 1. The molecule has 4 nitrogen and oxygen atoms in total. The Morgan fingerprint density at radius 1 is 1.08 bits per heavy atom. The second kappa shape index (κ2) is 6.38. The first-order chi connectivity index (χ1) is 12.8. The van der Waals surface area contributed by atoms with Crippen LogP contribution in [0.3, 0.4) is 0 Å². The van der Waals surface area contributed by atoms with Crippen LogP contribution < -0.4 is 0 Å². The molecule has 0 aliphatic rings. The van der Waals surface area contributed by atoms with Gasteiger partial charge in [-0.05, 0) is 23.9 Å². The molecule has 4 aromatic rings. The van der Waals surface area contributed by atoms with Crippen LogP contribution in [-0.2, 0) is 4.74 Å². The molecule has 0 N–H and O–H groups in total. The molecule has 26 heavy (non-hydrogen) atoms. The number of fused-ring (bicyclic) bond motifs is 3. The number of rotatable bonds is 3. The average molecular weight is 340 g/mol. The Morgan fingerprint density at radius 2 is 1.81 bits per heavy atom. The summed E-state index contributed by atoms with van der Waals surface area (Å²) in [5.41, 5.74) is 3.03. The third-order valence-corrected chi connectivity index (χ3v) is 4.47. The van der Waals surface area contributed by atoms with Crippen LogP contribution in [0, 0.1) is 11.3 Å². The molecule has 0 spiro atoms. The van der Waals surface area contributed by atoms with Crippen LogP contribution in [0.1, 0.15) is 23.0 Å². The smallest absolute Gasteiger partial charge is 0.356 e. The number of hydrogen-bond donors (Lipinski definition) is 0. The maximum Gasteiger partial charge on any atom is 0.356 e. The molecular weight excluding hydrogens is 324 g/mol. The predicted molar refractivity (Wildman–Crippen MR) is 101 cm³/mol. The zero-order valence-electron chi connectivity index (χ0n) is 14.3. The average Bonchev–Trinajstić information content (AvgIpc) is 3.03. The molecule has 0 aliphatic carbocycles. The molecule has 0 saturated carbocycles. The molecule has 0 fully saturated rings. The van der Waals surface area contributed by atoms with Gasteiger partial charge in [-0.2, -0.15) is 5.26 Å². The van der Waals surface area contributed by atoms with E-state index in [2.05, 4.69) is 6.07 Å². The summed E-state index contributed by atoms with van der Waals surface area (Å²) in [5, 5.41) is 11.9. The van der Waals surface area contributed by atoms with E-state index in [4.69, 9.17) is 4.74 Å². The van der Waals surface area contributed by atoms with Crippen molar-refractivity contribution in [3.8, 4) is 17.2 Å². The summed E-state index contributed by atoms with van der Waals surface area (Å²) < 4.78 is 7.08. The number of benzene rings is 2. The van der Waals surface area contributed by atoms with Crippen LogP contribution in [-0.4, -0.2) is 17.0 Å². The summed E-state index contributed by atoms with van der Waals surface area (Å²) in [6.45, 7) is 2.05. The van der Waals surface area contributed by atoms with Crippen LogP contribution in [0.5, 0.6) is 0 Å². The van der Waals surface area contributed by atoms with Crippen molar-refractivity contribution in [2.24, 2.45) is 0 Å². The third-order valence-electron chi connectivity index (χ3n) is 4.47. The van der Waals surface area contributed by atoms with Gasteiger partial charge >= 0.3 is 5.97 Å². The van der Waals surface area contributed by atoms with Gasteiger partial charge in [-0.3, -0.25) is 0 Å². The van der Waals surface area contributed by atoms with Crippen molar-refractivity contribution in [2.75, 3.05) is 6.61 Å². The molecule has 0 atom stereocenters. The number of carbonyl (C=O) groups excluding carboxylic acids is 1. The van der Waals surface area contributed by atoms with Gasteiger partial charge < -0.3 is 9.14 Å². The number of ether oxygens (including phenoxy) is 1. The van der Waals surface area contributed by atoms with Crippen molar-refractivity contribution in [2.45, 2.75) is 6.92 Å². The summed E-state index contributed by atoms with van der Waals surface area (Å²) in [7, 11) is 0. The Morgan fingerprint density at radius 3 is 2.54 bits per heavy atom. The molecule has 0 aliphatic heterocycles. The molecule has 2 aromatic heterocycles. The summed E-state index contributed by atoms with van der Waals surface area (Å²) in [4.78, 5) is 12.8. The van der Waals surface area contributed by atoms with E-state index in [0.29, 0.717) is 16.8 Å². The van der Waals surface area contributed by atoms with Gasteiger partial charge in [0.15, 0.2) is 0 Å². The molecular formula is C22H16N2O2. The zero-order chi connectivity index (χ0) is 18.1. The lowest BCUT2D eigenvalue weighted by molar-refractivity contribution is 0.0519. The molecule has 2 aromatic carbocycles. The van der Waals surface area contributed by atoms with E-state index in [0.717, 1.165) is 21.9 Å². The normalized spacial score (nSPS) is 10.8. The minimum atomic E-state index is -0.432. The van der Waals surface area contributed by atoms with Gasteiger partial charge in [0, 0.05) is 17.1 Å². The molecule has 0 unspecified atom stereocenters. The molecule has 4 heteroatoms. The Hall–Kier alpha value is -3.58. The maximum absolute atomic E-state index is 12.8. The highest BCUT2D eigenvalue weighted by atomic mass is 16.5. The van der Waals surface area contributed by atoms with Crippen LogP contribution in [0.2, 0.25) is 0 Å². The topological polar surface area (TPSA) is 54.5 Å². The molecule has 2 heterocycles. The van der Waals surface area contributed by atoms with Crippen molar-refractivity contribution in [3.05, 3.63) is 78.1 Å². The van der Waals surface area contributed by atoms with Gasteiger partial charge in [0.05, 0.1) is 17.7 Å². The second-order valence-corrected chi connectivity index (χ2v) is 5.92. The lowest BCUT2D eigenvalue weighted by Gasteiger charge is -2.07. The highest BCUT2D eigenvalue weighted by molar-refractivity contribution is 6.08. The second-order valence-electron chi connectivity index (χ2n) is 5.92. The van der Waals surface area contributed by atoms with E-state index < -0.39 is 5.97 Å². The lowest BCUT2D eigenvalue weighted by Crippen LogP contribution is -2.09. The Balaban J connectivity index is 2.20. The number of nitrogens with zero attached hydrogens (tertiary/aromatic N) is 2. The first-order valence-electron chi connectivity index (χ1n) is 8.44. The highest BCUT2D eigenvalue weighted by Gasteiger charge is 2.26. The molecule has 126 valence electrons. The monoisotopic (exact) mass is 340 g/mol. The van der Waals surface area contributed by atoms with Crippen molar-refractivity contribution in [1.29, 1.82) is 5.26 Å². The van der Waals surface area contributed by atoms with E-state index in [1.54, 1.807) is 11.3 Å². The van der Waals surface area contributed by atoms with Gasteiger partial charge in [0.25, 0.3) is 0 Å². The van der Waals surface area contributed by atoms with Crippen molar-refractivity contribution in [3.63, 3.8) is 0 Å². The fourth-order valence-electron chi connectivity index (χ4n) is 3.41. The van der Waals surface area contributed by atoms with Gasteiger partial charge in [-0.25, -0.2) is 4.79 Å². The third kappa shape index (κ3) is 2.34. The van der Waals surface area contributed by atoms with Crippen LogP contribution in [0.15, 0.2) is 66.9 Å². The highest BCUT2D eigenvalue weighted by Crippen LogP contribution is 2.36. The van der Waals surface area contributed by atoms with Crippen LogP contribution >= 0.6 is 0 Å². The maximum atomic E-state index is 12.8. The Kier molecular flexibility index (Phi) is 3.91.